The summed E-state index contributed by atoms with van der Waals surface area (Å²) in [7, 11) is 0. The maximum absolute atomic E-state index is 12.7. The summed E-state index contributed by atoms with van der Waals surface area (Å²) in [4.78, 5) is 14.6. The second kappa shape index (κ2) is 6.49. The molecule has 0 aliphatic carbocycles. The van der Waals surface area contributed by atoms with Gasteiger partial charge in [-0.15, -0.1) is 0 Å². The van der Waals surface area contributed by atoms with E-state index >= 15 is 0 Å². The van der Waals surface area contributed by atoms with E-state index in [-0.39, 0.29) is 18.4 Å². The molecule has 1 amide bonds. The Balaban J connectivity index is 1.48. The number of hydrogen-bond donors (Lipinski definition) is 0. The zero-order valence-electron chi connectivity index (χ0n) is 13.2. The van der Waals surface area contributed by atoms with Gasteiger partial charge in [-0.25, -0.2) is 0 Å². The highest BCUT2D eigenvalue weighted by molar-refractivity contribution is 6.30. The van der Waals surface area contributed by atoms with Crippen molar-refractivity contribution in [3.05, 3.63) is 52.4 Å². The molecule has 1 unspecified atom stereocenters. The number of carbonyl (C=O) groups excluding carboxylic acids is 1. The predicted molar refractivity (Wildman–Crippen MR) is 88.3 cm³/mol. The molecular formula is C18H18ClNO4. The van der Waals surface area contributed by atoms with Gasteiger partial charge < -0.3 is 18.8 Å². The number of benzene rings is 1. The molecule has 2 aromatic rings. The molecule has 5 nitrogen and oxygen atoms in total. The van der Waals surface area contributed by atoms with Crippen LogP contribution in [0.1, 0.15) is 23.0 Å². The topological polar surface area (TPSA) is 51.9 Å². The number of carbonyl (C=O) groups is 1. The minimum Gasteiger partial charge on any atom is -0.493 e. The summed E-state index contributed by atoms with van der Waals surface area (Å²) >= 11 is 6.18. The van der Waals surface area contributed by atoms with E-state index in [1.165, 1.54) is 0 Å². The average Bonchev–Trinajstić information content (AvgIpc) is 3.26. The van der Waals surface area contributed by atoms with E-state index in [0.717, 1.165) is 29.1 Å². The summed E-state index contributed by atoms with van der Waals surface area (Å²) in [6.45, 7) is 2.23. The molecule has 6 heteroatoms. The van der Waals surface area contributed by atoms with Crippen molar-refractivity contribution in [1.29, 1.82) is 0 Å². The van der Waals surface area contributed by atoms with Gasteiger partial charge in [0.05, 0.1) is 32.4 Å². The van der Waals surface area contributed by atoms with Crippen molar-refractivity contribution in [1.82, 2.24) is 4.90 Å². The molecule has 0 saturated carbocycles. The van der Waals surface area contributed by atoms with Crippen LogP contribution in [0.5, 0.6) is 5.75 Å². The number of amides is 1. The minimum atomic E-state index is -0.209. The molecule has 1 fully saturated rings. The Bertz CT molecular complexity index is 744. The van der Waals surface area contributed by atoms with Gasteiger partial charge in [0.15, 0.2) is 0 Å². The van der Waals surface area contributed by atoms with Crippen LogP contribution in [-0.2, 0) is 22.4 Å². The number of nitrogens with zero attached hydrogens (tertiary/aromatic N) is 1. The lowest BCUT2D eigenvalue weighted by Crippen LogP contribution is -2.42. The number of morpholine rings is 1. The number of hydrogen-bond acceptors (Lipinski definition) is 4. The van der Waals surface area contributed by atoms with Gasteiger partial charge in [0.25, 0.3) is 0 Å². The van der Waals surface area contributed by atoms with Gasteiger partial charge in [-0.3, -0.25) is 4.79 Å². The number of fused-ring (bicyclic) bond motifs is 1. The molecular weight excluding hydrogens is 330 g/mol. The fourth-order valence-electron chi connectivity index (χ4n) is 3.27. The molecule has 126 valence electrons. The van der Waals surface area contributed by atoms with Crippen LogP contribution in [-0.4, -0.2) is 37.1 Å². The molecule has 1 saturated heterocycles. The molecule has 1 aromatic carbocycles. The molecule has 4 rings (SSSR count). The Labute approximate surface area is 145 Å². The minimum absolute atomic E-state index is 0.0508. The first-order valence-corrected chi connectivity index (χ1v) is 8.45. The van der Waals surface area contributed by atoms with Crippen molar-refractivity contribution in [2.75, 3.05) is 26.3 Å². The Morgan fingerprint density at radius 3 is 3.08 bits per heavy atom. The molecule has 0 N–H and O–H groups in total. The van der Waals surface area contributed by atoms with E-state index in [9.17, 15) is 4.79 Å². The number of ether oxygens (including phenoxy) is 2. The smallest absolute Gasteiger partial charge is 0.227 e. The standard InChI is InChI=1S/C18H18ClNO4/c19-14-8-12-3-6-24-18(12)13(9-14)10-17(21)20-4-7-23-16(11-20)15-2-1-5-22-15/h1-2,5,8-9,16H,3-4,6-7,10-11H2. The Kier molecular flexibility index (Phi) is 4.21. The van der Waals surface area contributed by atoms with Crippen LogP contribution in [0.3, 0.4) is 0 Å². The van der Waals surface area contributed by atoms with Crippen molar-refractivity contribution in [3.8, 4) is 5.75 Å². The highest BCUT2D eigenvalue weighted by atomic mass is 35.5. The van der Waals surface area contributed by atoms with E-state index in [0.29, 0.717) is 31.3 Å². The van der Waals surface area contributed by atoms with Crippen molar-refractivity contribution >= 4 is 17.5 Å². The third kappa shape index (κ3) is 3.01. The van der Waals surface area contributed by atoms with E-state index in [2.05, 4.69) is 0 Å². The molecule has 24 heavy (non-hydrogen) atoms. The fourth-order valence-corrected chi connectivity index (χ4v) is 3.54. The summed E-state index contributed by atoms with van der Waals surface area (Å²) in [5.41, 5.74) is 1.95. The zero-order valence-corrected chi connectivity index (χ0v) is 13.9. The predicted octanol–water partition coefficient (Wildman–Crippen LogP) is 3.01. The van der Waals surface area contributed by atoms with Gasteiger partial charge in [0.2, 0.25) is 5.91 Å². The van der Waals surface area contributed by atoms with Crippen LogP contribution in [0.25, 0.3) is 0 Å². The fraction of sp³-hybridized carbons (Fsp3) is 0.389. The first-order chi connectivity index (χ1) is 11.7. The maximum atomic E-state index is 12.7. The van der Waals surface area contributed by atoms with Gasteiger partial charge in [-0.05, 0) is 29.8 Å². The van der Waals surface area contributed by atoms with E-state index in [1.807, 2.05) is 29.2 Å². The SMILES string of the molecule is O=C(Cc1cc(Cl)cc2c1OCC2)N1CCOC(c2ccco2)C1. The Morgan fingerprint density at radius 2 is 2.25 bits per heavy atom. The van der Waals surface area contributed by atoms with Gasteiger partial charge in [-0.1, -0.05) is 11.6 Å². The molecule has 2 aliphatic rings. The Hall–Kier alpha value is -1.98. The van der Waals surface area contributed by atoms with Gasteiger partial charge in [-0.2, -0.15) is 0 Å². The normalized spacial score (nSPS) is 19.9. The van der Waals surface area contributed by atoms with Crippen LogP contribution in [0.15, 0.2) is 34.9 Å². The highest BCUT2D eigenvalue weighted by Crippen LogP contribution is 2.33. The number of halogens is 1. The van der Waals surface area contributed by atoms with Crippen LogP contribution in [0, 0.1) is 0 Å². The van der Waals surface area contributed by atoms with Crippen molar-refractivity contribution in [2.45, 2.75) is 18.9 Å². The van der Waals surface area contributed by atoms with Gasteiger partial charge in [0.1, 0.15) is 17.6 Å². The van der Waals surface area contributed by atoms with E-state index in [4.69, 9.17) is 25.5 Å². The van der Waals surface area contributed by atoms with Crippen LogP contribution in [0.2, 0.25) is 5.02 Å². The molecule has 1 atom stereocenters. The maximum Gasteiger partial charge on any atom is 0.227 e. The molecule has 0 spiro atoms. The lowest BCUT2D eigenvalue weighted by molar-refractivity contribution is -0.139. The van der Waals surface area contributed by atoms with Crippen molar-refractivity contribution < 1.29 is 18.7 Å². The highest BCUT2D eigenvalue weighted by Gasteiger charge is 2.28. The largest absolute Gasteiger partial charge is 0.493 e. The quantitative estimate of drug-likeness (QED) is 0.856. The molecule has 2 aliphatic heterocycles. The zero-order chi connectivity index (χ0) is 16.5. The molecule has 0 bridgehead atoms. The summed E-state index contributed by atoms with van der Waals surface area (Å²) in [5.74, 6) is 1.62. The monoisotopic (exact) mass is 347 g/mol. The van der Waals surface area contributed by atoms with E-state index in [1.54, 1.807) is 6.26 Å². The van der Waals surface area contributed by atoms with Crippen LogP contribution >= 0.6 is 11.6 Å². The molecule has 1 aromatic heterocycles. The van der Waals surface area contributed by atoms with Gasteiger partial charge >= 0.3 is 0 Å². The van der Waals surface area contributed by atoms with Gasteiger partial charge in [0, 0.05) is 23.6 Å². The van der Waals surface area contributed by atoms with E-state index < -0.39 is 0 Å². The molecule has 3 heterocycles. The summed E-state index contributed by atoms with van der Waals surface area (Å²) in [6, 6.07) is 7.44. The summed E-state index contributed by atoms with van der Waals surface area (Å²) < 4.78 is 16.8. The average molecular weight is 348 g/mol. The lowest BCUT2D eigenvalue weighted by Gasteiger charge is -2.32. The van der Waals surface area contributed by atoms with Crippen molar-refractivity contribution in [2.24, 2.45) is 0 Å². The van der Waals surface area contributed by atoms with Crippen molar-refractivity contribution in [3.63, 3.8) is 0 Å². The number of rotatable bonds is 3. The second-order valence-corrected chi connectivity index (χ2v) is 6.48. The third-order valence-electron chi connectivity index (χ3n) is 4.45. The summed E-state index contributed by atoms with van der Waals surface area (Å²) in [5, 5.41) is 0.650. The first kappa shape index (κ1) is 15.5. The first-order valence-electron chi connectivity index (χ1n) is 8.07. The lowest BCUT2D eigenvalue weighted by atomic mass is 10.0. The second-order valence-electron chi connectivity index (χ2n) is 6.04. The third-order valence-corrected chi connectivity index (χ3v) is 4.66. The summed E-state index contributed by atoms with van der Waals surface area (Å²) in [6.07, 6.45) is 2.54. The molecule has 0 radical (unpaired) electrons. The van der Waals surface area contributed by atoms with Crippen LogP contribution in [0.4, 0.5) is 0 Å². The Morgan fingerprint density at radius 1 is 1.33 bits per heavy atom. The van der Waals surface area contributed by atoms with Crippen LogP contribution < -0.4 is 4.74 Å². The number of furan rings is 1.